The minimum atomic E-state index is 0.362. The molecule has 1 aliphatic heterocycles. The Morgan fingerprint density at radius 2 is 2.29 bits per heavy atom. The van der Waals surface area contributed by atoms with Crippen molar-refractivity contribution in [3.63, 3.8) is 0 Å². The minimum absolute atomic E-state index is 0.362. The molecule has 94 valence electrons. The van der Waals surface area contributed by atoms with Crippen molar-refractivity contribution in [3.05, 3.63) is 35.4 Å². The lowest BCUT2D eigenvalue weighted by Crippen LogP contribution is -2.35. The van der Waals surface area contributed by atoms with Crippen molar-refractivity contribution >= 4 is 11.8 Å². The third-order valence-corrected chi connectivity index (χ3v) is 5.43. The Morgan fingerprint density at radius 3 is 2.88 bits per heavy atom. The molecule has 0 bridgehead atoms. The van der Waals surface area contributed by atoms with E-state index in [0.717, 1.165) is 6.42 Å². The van der Waals surface area contributed by atoms with Crippen LogP contribution in [0.5, 0.6) is 0 Å². The van der Waals surface area contributed by atoms with Gasteiger partial charge in [-0.3, -0.25) is 0 Å². The third kappa shape index (κ3) is 2.69. The van der Waals surface area contributed by atoms with E-state index in [1.807, 2.05) is 0 Å². The van der Waals surface area contributed by atoms with Gasteiger partial charge in [-0.25, -0.2) is 0 Å². The lowest BCUT2D eigenvalue weighted by atomic mass is 9.89. The molecule has 0 spiro atoms. The van der Waals surface area contributed by atoms with Crippen LogP contribution in [-0.2, 0) is 6.42 Å². The minimum Gasteiger partial charge on any atom is -0.312 e. The second-order valence-corrected chi connectivity index (χ2v) is 6.71. The van der Waals surface area contributed by atoms with Gasteiger partial charge in [0.05, 0.1) is 0 Å². The summed E-state index contributed by atoms with van der Waals surface area (Å²) in [4.78, 5) is 0. The van der Waals surface area contributed by atoms with Crippen LogP contribution in [0.3, 0.4) is 0 Å². The Hall–Kier alpha value is -0.470. The van der Waals surface area contributed by atoms with Crippen molar-refractivity contribution in [1.82, 2.24) is 5.32 Å². The number of aryl methyl sites for hydroxylation is 1. The van der Waals surface area contributed by atoms with E-state index in [4.69, 9.17) is 0 Å². The molecule has 1 aliphatic rings. The Morgan fingerprint density at radius 1 is 1.47 bits per heavy atom. The molecular formula is C15H23NS. The van der Waals surface area contributed by atoms with Gasteiger partial charge in [0.1, 0.15) is 0 Å². The van der Waals surface area contributed by atoms with Gasteiger partial charge >= 0.3 is 0 Å². The zero-order chi connectivity index (χ0) is 12.3. The van der Waals surface area contributed by atoms with Gasteiger partial charge in [0, 0.05) is 10.8 Å². The summed E-state index contributed by atoms with van der Waals surface area (Å²) in [6.45, 7) is 4.63. The van der Waals surface area contributed by atoms with Gasteiger partial charge in [0.25, 0.3) is 0 Å². The summed E-state index contributed by atoms with van der Waals surface area (Å²) in [5.41, 5.74) is 2.89. The summed E-state index contributed by atoms with van der Waals surface area (Å²) >= 11 is 2.12. The molecule has 2 atom stereocenters. The maximum atomic E-state index is 3.53. The molecule has 0 saturated carbocycles. The highest BCUT2D eigenvalue weighted by Crippen LogP contribution is 2.46. The Labute approximate surface area is 109 Å². The first-order valence-corrected chi connectivity index (χ1v) is 7.58. The molecule has 1 aromatic rings. The number of hydrogen-bond acceptors (Lipinski definition) is 2. The van der Waals surface area contributed by atoms with E-state index in [-0.39, 0.29) is 0 Å². The van der Waals surface area contributed by atoms with Gasteiger partial charge in [0.2, 0.25) is 0 Å². The highest BCUT2D eigenvalue weighted by atomic mass is 32.2. The van der Waals surface area contributed by atoms with Gasteiger partial charge < -0.3 is 5.32 Å². The molecule has 1 saturated heterocycles. The molecule has 2 heteroatoms. The fraction of sp³-hybridized carbons (Fsp3) is 0.600. The summed E-state index contributed by atoms with van der Waals surface area (Å²) in [5.74, 6) is 1.31. The molecule has 1 N–H and O–H groups in total. The van der Waals surface area contributed by atoms with Gasteiger partial charge in [-0.2, -0.15) is 11.8 Å². The van der Waals surface area contributed by atoms with E-state index < -0.39 is 0 Å². The molecule has 1 fully saturated rings. The smallest absolute Gasteiger partial charge is 0.0464 e. The summed E-state index contributed by atoms with van der Waals surface area (Å²) in [5, 5.41) is 3.53. The predicted molar refractivity (Wildman–Crippen MR) is 77.7 cm³/mol. The normalized spacial score (nSPS) is 26.1. The van der Waals surface area contributed by atoms with Gasteiger partial charge in [-0.1, -0.05) is 31.2 Å². The van der Waals surface area contributed by atoms with Crippen molar-refractivity contribution in [2.45, 2.75) is 43.9 Å². The number of nitrogens with one attached hydrogen (secondary N) is 1. The highest BCUT2D eigenvalue weighted by Gasteiger charge is 2.37. The van der Waals surface area contributed by atoms with Crippen molar-refractivity contribution in [3.8, 4) is 0 Å². The molecule has 1 nitrogen and oxygen atoms in total. The zero-order valence-corrected chi connectivity index (χ0v) is 11.9. The average Bonchev–Trinajstić information content (AvgIpc) is 2.78. The quantitative estimate of drug-likeness (QED) is 0.871. The van der Waals surface area contributed by atoms with Crippen LogP contribution in [0.15, 0.2) is 24.3 Å². The van der Waals surface area contributed by atoms with E-state index in [1.54, 1.807) is 0 Å². The number of rotatable bonds is 4. The number of benzene rings is 1. The van der Waals surface area contributed by atoms with Gasteiger partial charge in [-0.05, 0) is 50.1 Å². The molecule has 2 rings (SSSR count). The van der Waals surface area contributed by atoms with Crippen LogP contribution in [0.4, 0.5) is 0 Å². The van der Waals surface area contributed by atoms with E-state index in [9.17, 15) is 0 Å². The standard InChI is InChI=1S/C15H23NS/c1-4-12-7-5-8-13(11-12)14(16-3)15(2)9-6-10-17-15/h5,7-8,11,14,16H,4,6,9-10H2,1-3H3. The maximum absolute atomic E-state index is 3.53. The molecule has 0 aromatic heterocycles. The van der Waals surface area contributed by atoms with Crippen LogP contribution in [0.2, 0.25) is 0 Å². The average molecular weight is 249 g/mol. The van der Waals surface area contributed by atoms with E-state index >= 15 is 0 Å². The lowest BCUT2D eigenvalue weighted by molar-refractivity contribution is 0.440. The van der Waals surface area contributed by atoms with Crippen LogP contribution in [0.1, 0.15) is 43.9 Å². The molecule has 1 heterocycles. The van der Waals surface area contributed by atoms with Crippen LogP contribution >= 0.6 is 11.8 Å². The van der Waals surface area contributed by atoms with Gasteiger partial charge in [0.15, 0.2) is 0 Å². The Kier molecular flexibility index (Phi) is 4.16. The zero-order valence-electron chi connectivity index (χ0n) is 11.1. The third-order valence-electron chi connectivity index (χ3n) is 3.84. The predicted octanol–water partition coefficient (Wildman–Crippen LogP) is 3.80. The highest BCUT2D eigenvalue weighted by molar-refractivity contribution is 8.00. The van der Waals surface area contributed by atoms with Crippen molar-refractivity contribution in [2.75, 3.05) is 12.8 Å². The van der Waals surface area contributed by atoms with Crippen molar-refractivity contribution < 1.29 is 0 Å². The molecule has 1 aromatic carbocycles. The summed E-state index contributed by atoms with van der Waals surface area (Å²) in [6.07, 6.45) is 3.79. The fourth-order valence-electron chi connectivity index (χ4n) is 2.85. The topological polar surface area (TPSA) is 12.0 Å². The molecule has 2 unspecified atom stereocenters. The van der Waals surface area contributed by atoms with Crippen molar-refractivity contribution in [2.24, 2.45) is 0 Å². The second kappa shape index (κ2) is 5.45. The molecular weight excluding hydrogens is 226 g/mol. The molecule has 0 amide bonds. The Balaban J connectivity index is 2.27. The first-order chi connectivity index (χ1) is 8.19. The lowest BCUT2D eigenvalue weighted by Gasteiger charge is -2.33. The maximum Gasteiger partial charge on any atom is 0.0464 e. The first-order valence-electron chi connectivity index (χ1n) is 6.59. The second-order valence-electron chi connectivity index (χ2n) is 5.08. The van der Waals surface area contributed by atoms with Crippen LogP contribution < -0.4 is 5.32 Å². The van der Waals surface area contributed by atoms with E-state index in [0.29, 0.717) is 10.8 Å². The van der Waals surface area contributed by atoms with Crippen LogP contribution in [0.25, 0.3) is 0 Å². The summed E-state index contributed by atoms with van der Waals surface area (Å²) in [7, 11) is 2.09. The fourth-order valence-corrected chi connectivity index (χ4v) is 4.31. The summed E-state index contributed by atoms with van der Waals surface area (Å²) < 4.78 is 0.362. The Bertz CT molecular complexity index is 369. The number of thioether (sulfide) groups is 1. The largest absolute Gasteiger partial charge is 0.312 e. The monoisotopic (exact) mass is 249 g/mol. The van der Waals surface area contributed by atoms with Gasteiger partial charge in [-0.15, -0.1) is 0 Å². The molecule has 0 radical (unpaired) electrons. The SMILES string of the molecule is CCc1cccc(C(NC)C2(C)CCCS2)c1. The van der Waals surface area contributed by atoms with Crippen LogP contribution in [-0.4, -0.2) is 17.5 Å². The van der Waals surface area contributed by atoms with Crippen LogP contribution in [0, 0.1) is 0 Å². The van der Waals surface area contributed by atoms with E-state index in [1.165, 1.54) is 29.7 Å². The van der Waals surface area contributed by atoms with Crippen molar-refractivity contribution in [1.29, 1.82) is 0 Å². The molecule has 0 aliphatic carbocycles. The molecule has 17 heavy (non-hydrogen) atoms. The van der Waals surface area contributed by atoms with E-state index in [2.05, 4.69) is 62.2 Å². The first kappa shape index (κ1) is 13.0. The number of hydrogen-bond donors (Lipinski definition) is 1. The summed E-state index contributed by atoms with van der Waals surface area (Å²) in [6, 6.07) is 9.53.